The molecule has 0 aliphatic heterocycles. The number of aromatic nitrogens is 3. The van der Waals surface area contributed by atoms with Crippen LogP contribution in [0, 0.1) is 6.92 Å². The molecule has 5 rings (SSSR count). The van der Waals surface area contributed by atoms with E-state index in [0.29, 0.717) is 5.71 Å². The molecule has 0 N–H and O–H groups in total. The number of benzene rings is 2. The van der Waals surface area contributed by atoms with Crippen LogP contribution < -0.4 is 0 Å². The second kappa shape index (κ2) is 5.31. The fourth-order valence-corrected chi connectivity index (χ4v) is 3.25. The van der Waals surface area contributed by atoms with Crippen LogP contribution in [0.15, 0.2) is 77.5 Å². The lowest BCUT2D eigenvalue weighted by Gasteiger charge is -2.08. The van der Waals surface area contributed by atoms with Crippen LogP contribution in [0.3, 0.4) is 0 Å². The summed E-state index contributed by atoms with van der Waals surface area (Å²) in [4.78, 5) is 9.11. The first-order valence-corrected chi connectivity index (χ1v) is 8.19. The Labute approximate surface area is 144 Å². The van der Waals surface area contributed by atoms with Crippen LogP contribution in [-0.4, -0.2) is 14.5 Å². The van der Waals surface area contributed by atoms with Crippen LogP contribution in [0.2, 0.25) is 0 Å². The van der Waals surface area contributed by atoms with Gasteiger partial charge in [-0.1, -0.05) is 30.3 Å². The van der Waals surface area contributed by atoms with Gasteiger partial charge in [-0.3, -0.25) is 4.57 Å². The van der Waals surface area contributed by atoms with Crippen molar-refractivity contribution >= 4 is 22.1 Å². The Balaban J connectivity index is 1.80. The summed E-state index contributed by atoms with van der Waals surface area (Å²) >= 11 is 0. The van der Waals surface area contributed by atoms with Gasteiger partial charge in [-0.05, 0) is 37.3 Å². The molecule has 25 heavy (non-hydrogen) atoms. The normalized spacial score (nSPS) is 11.4. The molecule has 5 aromatic rings. The first-order chi connectivity index (χ1) is 12.3. The summed E-state index contributed by atoms with van der Waals surface area (Å²) < 4.78 is 8.18. The van der Waals surface area contributed by atoms with Gasteiger partial charge >= 0.3 is 0 Å². The van der Waals surface area contributed by atoms with Crippen LogP contribution in [-0.2, 0) is 0 Å². The van der Waals surface area contributed by atoms with Gasteiger partial charge in [0, 0.05) is 34.5 Å². The third-order valence-corrected chi connectivity index (χ3v) is 4.42. The third kappa shape index (κ3) is 2.15. The van der Waals surface area contributed by atoms with Crippen molar-refractivity contribution in [2.75, 3.05) is 0 Å². The lowest BCUT2D eigenvalue weighted by Crippen LogP contribution is -1.96. The Morgan fingerprint density at radius 3 is 2.64 bits per heavy atom. The van der Waals surface area contributed by atoms with Crippen molar-refractivity contribution in [2.45, 2.75) is 6.92 Å². The highest BCUT2D eigenvalue weighted by Crippen LogP contribution is 2.35. The van der Waals surface area contributed by atoms with Gasteiger partial charge in [0.25, 0.3) is 0 Å². The molecule has 0 aliphatic rings. The minimum atomic E-state index is 0.667. The van der Waals surface area contributed by atoms with Crippen molar-refractivity contribution in [3.8, 4) is 17.1 Å². The van der Waals surface area contributed by atoms with Gasteiger partial charge in [-0.25, -0.2) is 9.97 Å². The van der Waals surface area contributed by atoms with E-state index in [2.05, 4.69) is 38.8 Å². The van der Waals surface area contributed by atoms with Crippen LogP contribution in [0.5, 0.6) is 0 Å². The van der Waals surface area contributed by atoms with E-state index < -0.39 is 0 Å². The minimum absolute atomic E-state index is 0.667. The van der Waals surface area contributed by atoms with Gasteiger partial charge in [-0.2, -0.15) is 0 Å². The maximum Gasteiger partial charge on any atom is 0.227 e. The summed E-state index contributed by atoms with van der Waals surface area (Å²) in [7, 11) is 0. The summed E-state index contributed by atoms with van der Waals surface area (Å²) in [6.45, 7) is 1.97. The second-order valence-electron chi connectivity index (χ2n) is 6.05. The molecule has 2 aromatic carbocycles. The third-order valence-electron chi connectivity index (χ3n) is 4.42. The smallest absolute Gasteiger partial charge is 0.227 e. The van der Waals surface area contributed by atoms with Crippen molar-refractivity contribution in [1.82, 2.24) is 14.5 Å². The topological polar surface area (TPSA) is 43.9 Å². The second-order valence-corrected chi connectivity index (χ2v) is 6.05. The Morgan fingerprint density at radius 2 is 1.76 bits per heavy atom. The minimum Gasteiger partial charge on any atom is -0.437 e. The molecule has 0 unspecified atom stereocenters. The van der Waals surface area contributed by atoms with Crippen molar-refractivity contribution < 1.29 is 4.42 Å². The zero-order valence-corrected chi connectivity index (χ0v) is 13.7. The first-order valence-electron chi connectivity index (χ1n) is 8.19. The molecule has 0 fully saturated rings. The van der Waals surface area contributed by atoms with Gasteiger partial charge in [0.1, 0.15) is 11.4 Å². The number of aryl methyl sites for hydroxylation is 1. The highest BCUT2D eigenvalue weighted by atomic mass is 16.3. The molecule has 0 bridgehead atoms. The fourth-order valence-electron chi connectivity index (χ4n) is 3.25. The van der Waals surface area contributed by atoms with E-state index in [1.165, 1.54) is 0 Å². The molecule has 0 aliphatic carbocycles. The van der Waals surface area contributed by atoms with E-state index in [0.717, 1.165) is 39.1 Å². The largest absolute Gasteiger partial charge is 0.437 e. The van der Waals surface area contributed by atoms with Crippen LogP contribution >= 0.6 is 0 Å². The summed E-state index contributed by atoms with van der Waals surface area (Å²) in [5.74, 6) is 0.854. The molecule has 0 amide bonds. The van der Waals surface area contributed by atoms with Crippen LogP contribution in [0.4, 0.5) is 0 Å². The Morgan fingerprint density at radius 1 is 0.880 bits per heavy atom. The van der Waals surface area contributed by atoms with Crippen LogP contribution in [0.1, 0.15) is 5.69 Å². The Kier molecular flexibility index (Phi) is 2.97. The number of nitrogens with zero attached hydrogens (tertiary/aromatic N) is 3. The van der Waals surface area contributed by atoms with E-state index in [-0.39, 0.29) is 0 Å². The molecule has 4 heteroatoms. The van der Waals surface area contributed by atoms with Crippen molar-refractivity contribution in [1.29, 1.82) is 0 Å². The molecular formula is C21H15N3O. The van der Waals surface area contributed by atoms with E-state index in [1.54, 1.807) is 0 Å². The zero-order valence-electron chi connectivity index (χ0n) is 13.7. The van der Waals surface area contributed by atoms with E-state index >= 15 is 0 Å². The van der Waals surface area contributed by atoms with E-state index in [4.69, 9.17) is 4.42 Å². The molecular weight excluding hydrogens is 310 g/mol. The summed E-state index contributed by atoms with van der Waals surface area (Å²) in [6.07, 6.45) is 3.78. The molecule has 0 spiro atoms. The van der Waals surface area contributed by atoms with Gasteiger partial charge < -0.3 is 4.42 Å². The van der Waals surface area contributed by atoms with Crippen molar-refractivity contribution in [2.24, 2.45) is 0 Å². The molecule has 0 atom stereocenters. The molecule has 0 saturated carbocycles. The van der Waals surface area contributed by atoms with Gasteiger partial charge in [0.15, 0.2) is 0 Å². The summed E-state index contributed by atoms with van der Waals surface area (Å²) in [5, 5.41) is 2.09. The average Bonchev–Trinajstić information content (AvgIpc) is 3.26. The summed E-state index contributed by atoms with van der Waals surface area (Å²) in [6, 6.07) is 20.4. The molecule has 0 radical (unpaired) electrons. The number of hydrogen-bond acceptors (Lipinski definition) is 3. The Bertz CT molecular complexity index is 1200. The van der Waals surface area contributed by atoms with Crippen molar-refractivity contribution in [3.63, 3.8) is 0 Å². The maximum absolute atomic E-state index is 6.11. The maximum atomic E-state index is 6.11. The van der Waals surface area contributed by atoms with Gasteiger partial charge in [0.05, 0.1) is 5.56 Å². The summed E-state index contributed by atoms with van der Waals surface area (Å²) in [5.41, 5.74) is 4.46. The number of pyridine rings is 1. The average molecular weight is 325 g/mol. The number of rotatable bonds is 2. The number of para-hydroxylation sites is 2. The molecule has 4 nitrogen and oxygen atoms in total. The number of imidazole rings is 1. The van der Waals surface area contributed by atoms with Crippen molar-refractivity contribution in [3.05, 3.63) is 78.8 Å². The lowest BCUT2D eigenvalue weighted by molar-refractivity contribution is 0.653. The highest BCUT2D eigenvalue weighted by Gasteiger charge is 2.16. The van der Waals surface area contributed by atoms with E-state index in [1.807, 2.05) is 55.7 Å². The highest BCUT2D eigenvalue weighted by molar-refractivity contribution is 6.08. The Hall–Kier alpha value is -3.40. The predicted molar refractivity (Wildman–Crippen MR) is 98.8 cm³/mol. The lowest BCUT2D eigenvalue weighted by atomic mass is 10.1. The number of furan rings is 1. The number of fused-ring (bicyclic) bond motifs is 3. The molecule has 3 aromatic heterocycles. The van der Waals surface area contributed by atoms with Gasteiger partial charge in [0.2, 0.25) is 5.71 Å². The quantitative estimate of drug-likeness (QED) is 0.451. The standard InChI is InChI=1S/C21H15N3O/c1-14-10-11-17-16-8-5-9-18(19(16)25-21(17)23-14)20-22-12-13-24(20)15-6-3-2-4-7-15/h2-13H,1H3. The zero-order chi connectivity index (χ0) is 16.8. The molecule has 0 saturated heterocycles. The number of hydrogen-bond donors (Lipinski definition) is 0. The first kappa shape index (κ1) is 14.0. The van der Waals surface area contributed by atoms with Crippen LogP contribution in [0.25, 0.3) is 39.1 Å². The fraction of sp³-hybridized carbons (Fsp3) is 0.0476. The van der Waals surface area contributed by atoms with E-state index in [9.17, 15) is 0 Å². The predicted octanol–water partition coefficient (Wildman–Crippen LogP) is 5.14. The molecule has 120 valence electrons. The van der Waals surface area contributed by atoms with Gasteiger partial charge in [-0.15, -0.1) is 0 Å². The SMILES string of the molecule is Cc1ccc2c(n1)oc1c(-c3nccn3-c3ccccc3)cccc12. The molecule has 3 heterocycles. The monoisotopic (exact) mass is 325 g/mol.